The Morgan fingerprint density at radius 1 is 0.700 bits per heavy atom. The number of hydrogen-bond acceptors (Lipinski definition) is 26. The van der Waals surface area contributed by atoms with Crippen LogP contribution in [0, 0.1) is 10.1 Å². The fourth-order valence-electron chi connectivity index (χ4n) is 5.89. The first-order chi connectivity index (χ1) is 41.9. The molecule has 45 heteroatoms. The topological polar surface area (TPSA) is 509 Å². The number of urea groups is 2. The summed E-state index contributed by atoms with van der Waals surface area (Å²) in [5.41, 5.74) is -1.23. The number of aliphatic carboxylic acids is 1. The number of ether oxygens (including phenoxy) is 6. The number of nitrogens with one attached hydrogen (secondary N) is 5. The highest BCUT2D eigenvalue weighted by Crippen LogP contribution is 2.34. The monoisotopic (exact) mass is 1400 g/mol. The van der Waals surface area contributed by atoms with Gasteiger partial charge in [0.1, 0.15) is 26.9 Å². The maximum Gasteiger partial charge on any atom is 0.388 e. The molecule has 6 aromatic rings. The van der Waals surface area contributed by atoms with Gasteiger partial charge in [0.05, 0.1) is 67.6 Å². The molecule has 488 valence electrons. The number of benzene rings is 3. The highest BCUT2D eigenvalue weighted by molar-refractivity contribution is 7.93. The summed E-state index contributed by atoms with van der Waals surface area (Å²) in [5, 5.41) is 33.7. The first-order valence-corrected chi connectivity index (χ1v) is 30.5. The first kappa shape index (κ1) is 74.8. The van der Waals surface area contributed by atoms with Gasteiger partial charge in [0.25, 0.3) is 25.7 Å². The zero-order valence-corrected chi connectivity index (χ0v) is 50.4. The number of esters is 1. The predicted octanol–water partition coefficient (Wildman–Crippen LogP) is 5.36. The second-order valence-electron chi connectivity index (χ2n) is 15.8. The van der Waals surface area contributed by atoms with Crippen molar-refractivity contribution >= 4 is 108 Å². The molecule has 0 saturated heterocycles. The molecule has 0 saturated carbocycles. The van der Waals surface area contributed by atoms with Crippen LogP contribution in [0.15, 0.2) is 106 Å². The zero-order chi connectivity index (χ0) is 67.9. The number of methoxy groups -OCH3 is 3. The van der Waals surface area contributed by atoms with Crippen LogP contribution >= 0.6 is 30.8 Å². The van der Waals surface area contributed by atoms with Crippen LogP contribution in [0.4, 0.5) is 44.7 Å². The van der Waals surface area contributed by atoms with Gasteiger partial charge < -0.3 is 48.4 Å². The number of sulfone groups is 1. The van der Waals surface area contributed by atoms with Gasteiger partial charge in [-0.2, -0.15) is 45.9 Å². The van der Waals surface area contributed by atoms with Gasteiger partial charge in [0, 0.05) is 23.4 Å². The Morgan fingerprint density at radius 2 is 1.22 bits per heavy atom. The van der Waals surface area contributed by atoms with E-state index in [1.807, 2.05) is 0 Å². The Kier molecular flexibility index (Phi) is 28.1. The van der Waals surface area contributed by atoms with E-state index in [1.165, 1.54) is 68.3 Å². The number of alkyl halides is 4. The number of nitro groups is 1. The van der Waals surface area contributed by atoms with Crippen molar-refractivity contribution in [3.63, 3.8) is 0 Å². The summed E-state index contributed by atoms with van der Waals surface area (Å²) in [5.74, 6) is -6.45. The Hall–Kier alpha value is -9.42. The number of nitro benzene ring substituents is 1. The molecule has 90 heavy (non-hydrogen) atoms. The van der Waals surface area contributed by atoms with Crippen molar-refractivity contribution in [1.82, 2.24) is 39.7 Å². The van der Waals surface area contributed by atoms with Gasteiger partial charge >= 0.3 is 50.8 Å². The number of anilines is 2. The summed E-state index contributed by atoms with van der Waals surface area (Å²) in [4.78, 5) is 99.7. The molecule has 3 aromatic carbocycles. The van der Waals surface area contributed by atoms with Crippen molar-refractivity contribution in [3.8, 4) is 35.0 Å². The molecule has 35 nitrogen and oxygen atoms in total. The van der Waals surface area contributed by atoms with E-state index in [-0.39, 0.29) is 45.5 Å². The van der Waals surface area contributed by atoms with E-state index in [9.17, 15) is 81.5 Å². The average Bonchev–Trinajstić information content (AvgIpc) is 2.84. The van der Waals surface area contributed by atoms with Gasteiger partial charge in [0.15, 0.2) is 14.9 Å². The van der Waals surface area contributed by atoms with Crippen LogP contribution in [0.3, 0.4) is 0 Å². The fraction of sp³-hybridized carbons (Fsp3) is 0.200. The number of aromatic nitrogens is 5. The molecule has 0 aliphatic carbocycles. The lowest BCUT2D eigenvalue weighted by Crippen LogP contribution is -2.36. The number of aromatic carboxylic acids is 1. The molecule has 0 radical (unpaired) electrons. The van der Waals surface area contributed by atoms with E-state index in [0.29, 0.717) is 16.8 Å². The number of halogens is 6. The van der Waals surface area contributed by atoms with Crippen LogP contribution in [0.5, 0.6) is 35.0 Å². The summed E-state index contributed by atoms with van der Waals surface area (Å²) < 4.78 is 164. The number of carbonyl (C=O) groups excluding carboxylic acids is 3. The SMILES string of the molecule is CCS(=O)(=O)c1cccnc1S(=O)(=O)NC(=O)Nc1nc(OC)cc(OC)n1.COC(=O)c1cc(Oc2ccc(Cl)cc2Cl)ccc1[N+](=O)[O-].O=C(Nc1nc(OC(F)F)cc(OC(F)F)n1)NS(=O)(=O)c1ccccc1C(=O)O.O=C(O)CNCP(=O)(O)O. The lowest BCUT2D eigenvalue weighted by atomic mass is 10.1. The van der Waals surface area contributed by atoms with Crippen molar-refractivity contribution in [1.29, 1.82) is 0 Å². The minimum Gasteiger partial charge on any atom is -0.481 e. The highest BCUT2D eigenvalue weighted by Gasteiger charge is 2.30. The minimum absolute atomic E-state index is 0.0612. The van der Waals surface area contributed by atoms with Gasteiger partial charge in [-0.3, -0.25) is 35.4 Å². The lowest BCUT2D eigenvalue weighted by Gasteiger charge is -2.11. The standard InChI is InChI=1S/C14H9Cl2NO5.C14H10F4N4O7S.C14H17N5O7S2.C3H8NO5P/c1-21-14(18)10-7-9(3-4-12(10)17(19)20)22-13-5-2-8(15)6-11(13)16;15-11(16)28-8-5-9(29-12(17)18)20-13(19-8)21-14(25)22-30(26,27)7-4-2-1-3-6(7)10(23)24;1-4-27(21,22)9-6-5-7-15-12(9)28(23,24)19-14(20)18-13-16-10(25-2)8-11(17-13)26-3;5-3(6)1-4-2-10(7,8)9/h2-7H,1H3;1-5,11-12H,(H,23,24)(H2,19,20,21,22,25);5-8H,4H2,1-3H3,(H2,16,17,18,19,20);4H,1-2H2,(H,5,6)(H2,7,8,9). The van der Waals surface area contributed by atoms with Crippen LogP contribution in [-0.4, -0.2) is 158 Å². The van der Waals surface area contributed by atoms with Gasteiger partial charge in [0.2, 0.25) is 35.4 Å². The minimum atomic E-state index is -4.71. The smallest absolute Gasteiger partial charge is 0.388 e. The van der Waals surface area contributed by atoms with Gasteiger partial charge in [-0.05, 0) is 48.5 Å². The zero-order valence-electron chi connectivity index (χ0n) is 45.5. The van der Waals surface area contributed by atoms with Crippen molar-refractivity contribution in [2.45, 2.75) is 35.0 Å². The Bertz CT molecular complexity index is 3950. The Labute approximate surface area is 513 Å². The Balaban J connectivity index is 0.000000330. The number of nitrogens with zero attached hydrogens (tertiary/aromatic N) is 6. The van der Waals surface area contributed by atoms with E-state index >= 15 is 0 Å². The summed E-state index contributed by atoms with van der Waals surface area (Å²) >= 11 is 11.8. The number of amides is 4. The van der Waals surface area contributed by atoms with Crippen molar-refractivity contribution in [2.75, 3.05) is 50.5 Å². The van der Waals surface area contributed by atoms with Crippen molar-refractivity contribution in [2.24, 2.45) is 0 Å². The van der Waals surface area contributed by atoms with E-state index in [0.717, 1.165) is 37.6 Å². The predicted molar refractivity (Wildman–Crippen MR) is 298 cm³/mol. The number of carbonyl (C=O) groups is 5. The summed E-state index contributed by atoms with van der Waals surface area (Å²) in [6.45, 7) is -5.90. The van der Waals surface area contributed by atoms with Gasteiger partial charge in [-0.25, -0.2) is 50.4 Å². The maximum atomic E-state index is 12.5. The maximum absolute atomic E-state index is 12.5. The number of sulfonamides is 2. The summed E-state index contributed by atoms with van der Waals surface area (Å²) in [6, 6.07) is 14.0. The van der Waals surface area contributed by atoms with E-state index in [1.54, 1.807) is 22.2 Å². The molecular formula is C45H44Cl2F4N11O24PS3. The van der Waals surface area contributed by atoms with E-state index < -0.39 is 137 Å². The number of carboxylic acids is 2. The van der Waals surface area contributed by atoms with Crippen molar-refractivity contribution < 1.29 is 125 Å². The quantitative estimate of drug-likeness (QED) is 0.0128. The molecule has 0 atom stereocenters. The van der Waals surface area contributed by atoms with Gasteiger partial charge in [-0.15, -0.1) is 0 Å². The molecule has 9 N–H and O–H groups in total. The average molecular weight is 1400 g/mol. The van der Waals surface area contributed by atoms with Crippen LogP contribution in [0.1, 0.15) is 27.6 Å². The number of carboxylic acid groups (broad SMARTS) is 2. The fourth-order valence-corrected chi connectivity index (χ4v) is 10.4. The third-order valence-electron chi connectivity index (χ3n) is 9.50. The van der Waals surface area contributed by atoms with E-state index in [2.05, 4.69) is 49.8 Å². The molecular weight excluding hydrogens is 1350 g/mol. The van der Waals surface area contributed by atoms with Crippen molar-refractivity contribution in [3.05, 3.63) is 122 Å². The number of pyridine rings is 1. The van der Waals surface area contributed by atoms with Gasteiger partial charge in [-0.1, -0.05) is 42.3 Å². The van der Waals surface area contributed by atoms with Crippen LogP contribution < -0.4 is 49.1 Å². The number of rotatable bonds is 23. The third kappa shape index (κ3) is 24.6. The molecule has 6 rings (SSSR count). The Morgan fingerprint density at radius 3 is 1.70 bits per heavy atom. The molecule has 0 bridgehead atoms. The largest absolute Gasteiger partial charge is 0.481 e. The molecule has 0 fully saturated rings. The number of hydrogen-bond donors (Lipinski definition) is 9. The molecule has 3 aromatic heterocycles. The summed E-state index contributed by atoms with van der Waals surface area (Å²) in [7, 11) is -13.5. The molecule has 0 unspecified atom stereocenters. The first-order valence-electron chi connectivity index (χ1n) is 23.3. The molecule has 4 amide bonds. The third-order valence-corrected chi connectivity index (χ3v) is 15.2. The molecule has 0 aliphatic heterocycles. The van der Waals surface area contributed by atoms with Crippen LogP contribution in [0.25, 0.3) is 0 Å². The van der Waals surface area contributed by atoms with Crippen LogP contribution in [0.2, 0.25) is 10.0 Å². The molecule has 3 heterocycles. The second-order valence-corrected chi connectivity index (χ2v) is 23.8. The molecule has 0 aliphatic rings. The lowest BCUT2D eigenvalue weighted by molar-refractivity contribution is -0.385. The highest BCUT2D eigenvalue weighted by atomic mass is 35.5. The summed E-state index contributed by atoms with van der Waals surface area (Å²) in [6.07, 6.45) is 0.497. The normalized spacial score (nSPS) is 11.1. The van der Waals surface area contributed by atoms with Crippen LogP contribution in [-0.2, 0) is 44.0 Å². The second kappa shape index (κ2) is 33.8. The molecule has 0 spiro atoms. The van der Waals surface area contributed by atoms with E-state index in [4.69, 9.17) is 57.4 Å².